The molecule has 0 saturated carbocycles. The molecule has 0 unspecified atom stereocenters. The summed E-state index contributed by atoms with van der Waals surface area (Å²) in [4.78, 5) is 0. The first-order chi connectivity index (χ1) is 12.7. The van der Waals surface area contributed by atoms with Crippen molar-refractivity contribution in [3.63, 3.8) is 0 Å². The highest BCUT2D eigenvalue weighted by Crippen LogP contribution is 2.28. The van der Waals surface area contributed by atoms with E-state index in [0.29, 0.717) is 5.56 Å². The molecule has 0 spiro atoms. The first kappa shape index (κ1) is 18.8. The number of unbranched alkanes of at least 4 members (excludes halogenated alkanes) is 2. The Morgan fingerprint density at radius 3 is 1.96 bits per heavy atom. The van der Waals surface area contributed by atoms with Gasteiger partial charge in [-0.15, -0.1) is 0 Å². The van der Waals surface area contributed by atoms with E-state index in [1.807, 2.05) is 36.4 Å². The second-order valence-electron chi connectivity index (χ2n) is 6.68. The van der Waals surface area contributed by atoms with Crippen molar-refractivity contribution in [2.24, 2.45) is 0 Å². The number of aryl methyl sites for hydroxylation is 1. The molecule has 0 bridgehead atoms. The third-order valence-corrected chi connectivity index (χ3v) is 5.39. The van der Waals surface area contributed by atoms with Gasteiger partial charge in [0.15, 0.2) is 0 Å². The third kappa shape index (κ3) is 4.62. The fraction of sp³-hybridized carbons (Fsp3) is 0.250. The molecule has 0 heterocycles. The van der Waals surface area contributed by atoms with Gasteiger partial charge in [-0.05, 0) is 46.7 Å². The van der Waals surface area contributed by atoms with Gasteiger partial charge in [0, 0.05) is 10.9 Å². The van der Waals surface area contributed by atoms with Crippen molar-refractivity contribution in [1.29, 1.82) is 0 Å². The minimum absolute atomic E-state index is 0.180. The van der Waals surface area contributed by atoms with Crippen LogP contribution in [0.1, 0.15) is 37.3 Å². The summed E-state index contributed by atoms with van der Waals surface area (Å²) in [6.07, 6.45) is 4.85. The number of rotatable bonds is 7. The molecule has 0 fully saturated rings. The minimum atomic E-state index is -0.180. The molecule has 3 aromatic rings. The second-order valence-corrected chi connectivity index (χ2v) is 7.24. The molecule has 134 valence electrons. The lowest BCUT2D eigenvalue weighted by molar-refractivity contribution is 0.632. The first-order valence-electron chi connectivity index (χ1n) is 9.25. The summed E-state index contributed by atoms with van der Waals surface area (Å²) in [5, 5.41) is 0.809. The highest BCUT2D eigenvalue weighted by atomic mass is 79.9. The second kappa shape index (κ2) is 9.14. The van der Waals surface area contributed by atoms with Crippen LogP contribution in [0, 0.1) is 5.82 Å². The average molecular weight is 411 g/mol. The van der Waals surface area contributed by atoms with E-state index in [1.54, 1.807) is 6.07 Å². The van der Waals surface area contributed by atoms with Crippen molar-refractivity contribution in [3.8, 4) is 22.3 Å². The van der Waals surface area contributed by atoms with Crippen LogP contribution in [0.2, 0.25) is 0 Å². The molecule has 2 heteroatoms. The Bertz CT molecular complexity index is 835. The molecule has 3 aromatic carbocycles. The number of hydrogen-bond acceptors (Lipinski definition) is 0. The van der Waals surface area contributed by atoms with Gasteiger partial charge in [-0.2, -0.15) is 0 Å². The van der Waals surface area contributed by atoms with Gasteiger partial charge in [-0.25, -0.2) is 4.39 Å². The molecule has 0 aliphatic rings. The molecule has 0 saturated heterocycles. The number of hydrogen-bond donors (Lipinski definition) is 0. The normalized spacial score (nSPS) is 10.9. The van der Waals surface area contributed by atoms with Crippen LogP contribution in [-0.2, 0) is 11.8 Å². The van der Waals surface area contributed by atoms with Crippen LogP contribution in [0.5, 0.6) is 0 Å². The lowest BCUT2D eigenvalue weighted by Crippen LogP contribution is -1.89. The Hall–Kier alpha value is -1.93. The molecule has 0 atom stereocenters. The van der Waals surface area contributed by atoms with Crippen molar-refractivity contribution < 1.29 is 4.39 Å². The first-order valence-corrected chi connectivity index (χ1v) is 10.4. The predicted octanol–water partition coefficient (Wildman–Crippen LogP) is 7.79. The van der Waals surface area contributed by atoms with Crippen molar-refractivity contribution in [2.75, 3.05) is 0 Å². The van der Waals surface area contributed by atoms with Crippen molar-refractivity contribution in [1.82, 2.24) is 0 Å². The van der Waals surface area contributed by atoms with E-state index < -0.39 is 0 Å². The maximum Gasteiger partial charge on any atom is 0.131 e. The van der Waals surface area contributed by atoms with Gasteiger partial charge in [0.25, 0.3) is 0 Å². The van der Waals surface area contributed by atoms with Gasteiger partial charge >= 0.3 is 0 Å². The lowest BCUT2D eigenvalue weighted by atomic mass is 9.98. The average Bonchev–Trinajstić information content (AvgIpc) is 2.69. The third-order valence-electron chi connectivity index (χ3n) is 4.74. The summed E-state index contributed by atoms with van der Waals surface area (Å²) in [6, 6.07) is 22.0. The Balaban J connectivity index is 1.78. The molecule has 3 rings (SSSR count). The molecule has 0 aromatic heterocycles. The predicted molar refractivity (Wildman–Crippen MR) is 113 cm³/mol. The molecule has 0 amide bonds. The summed E-state index contributed by atoms with van der Waals surface area (Å²) in [5.74, 6) is -0.180. The fourth-order valence-corrected chi connectivity index (χ4v) is 3.52. The maximum absolute atomic E-state index is 14.7. The monoisotopic (exact) mass is 410 g/mol. The molecule has 0 radical (unpaired) electrons. The Labute approximate surface area is 164 Å². The SMILES string of the molecule is CCCCCc1ccc(-c2ccc(-c3ccc(CBr)cc3)c(F)c2)cc1. The van der Waals surface area contributed by atoms with Crippen molar-refractivity contribution in [3.05, 3.63) is 83.7 Å². The molecular weight excluding hydrogens is 387 g/mol. The van der Waals surface area contributed by atoms with E-state index in [9.17, 15) is 4.39 Å². The van der Waals surface area contributed by atoms with Crippen LogP contribution in [-0.4, -0.2) is 0 Å². The highest BCUT2D eigenvalue weighted by Gasteiger charge is 2.08. The number of benzene rings is 3. The summed E-state index contributed by atoms with van der Waals surface area (Å²) >= 11 is 3.44. The fourth-order valence-electron chi connectivity index (χ4n) is 3.15. The van der Waals surface area contributed by atoms with Crippen LogP contribution in [0.25, 0.3) is 22.3 Å². The number of halogens is 2. The summed E-state index contributed by atoms with van der Waals surface area (Å²) in [7, 11) is 0. The summed E-state index contributed by atoms with van der Waals surface area (Å²) in [6.45, 7) is 2.22. The summed E-state index contributed by atoms with van der Waals surface area (Å²) in [5.41, 5.74) is 6.07. The van der Waals surface area contributed by atoms with Gasteiger partial charge in [-0.3, -0.25) is 0 Å². The highest BCUT2D eigenvalue weighted by molar-refractivity contribution is 9.08. The zero-order chi connectivity index (χ0) is 18.4. The van der Waals surface area contributed by atoms with Crippen LogP contribution in [0.15, 0.2) is 66.7 Å². The Morgan fingerprint density at radius 1 is 0.731 bits per heavy atom. The topological polar surface area (TPSA) is 0 Å². The summed E-state index contributed by atoms with van der Waals surface area (Å²) < 4.78 is 14.7. The molecule has 0 N–H and O–H groups in total. The largest absolute Gasteiger partial charge is 0.206 e. The van der Waals surface area contributed by atoms with Crippen LogP contribution < -0.4 is 0 Å². The van der Waals surface area contributed by atoms with Gasteiger partial charge in [0.1, 0.15) is 5.82 Å². The van der Waals surface area contributed by atoms with E-state index >= 15 is 0 Å². The number of alkyl halides is 1. The van der Waals surface area contributed by atoms with E-state index in [-0.39, 0.29) is 5.82 Å². The van der Waals surface area contributed by atoms with Crippen molar-refractivity contribution >= 4 is 15.9 Å². The zero-order valence-corrected chi connectivity index (χ0v) is 16.7. The van der Waals surface area contributed by atoms with E-state index in [2.05, 4.69) is 47.1 Å². The molecule has 0 aliphatic carbocycles. The van der Waals surface area contributed by atoms with E-state index in [1.165, 1.54) is 30.4 Å². The zero-order valence-electron chi connectivity index (χ0n) is 15.1. The van der Waals surface area contributed by atoms with Crippen LogP contribution >= 0.6 is 15.9 Å². The Kier molecular flexibility index (Phi) is 6.62. The lowest BCUT2D eigenvalue weighted by Gasteiger charge is -2.09. The minimum Gasteiger partial charge on any atom is -0.206 e. The van der Waals surface area contributed by atoms with Gasteiger partial charge in [-0.1, -0.05) is 96.4 Å². The molecule has 0 aliphatic heterocycles. The van der Waals surface area contributed by atoms with Crippen LogP contribution in [0.3, 0.4) is 0 Å². The molecule has 0 nitrogen and oxygen atoms in total. The molecule has 26 heavy (non-hydrogen) atoms. The maximum atomic E-state index is 14.7. The van der Waals surface area contributed by atoms with Gasteiger partial charge in [0.2, 0.25) is 0 Å². The van der Waals surface area contributed by atoms with Gasteiger partial charge < -0.3 is 0 Å². The smallest absolute Gasteiger partial charge is 0.131 e. The van der Waals surface area contributed by atoms with Gasteiger partial charge in [0.05, 0.1) is 0 Å². The Morgan fingerprint density at radius 2 is 1.35 bits per heavy atom. The molecular formula is C24H24BrF. The van der Waals surface area contributed by atoms with E-state index in [4.69, 9.17) is 0 Å². The van der Waals surface area contributed by atoms with Crippen molar-refractivity contribution in [2.45, 2.75) is 37.9 Å². The standard InChI is InChI=1S/C24H24BrF/c1-2-3-4-5-18-6-10-20(11-7-18)22-14-15-23(24(26)16-22)21-12-8-19(17-25)9-13-21/h6-16H,2-5,17H2,1H3. The van der Waals surface area contributed by atoms with E-state index in [0.717, 1.165) is 28.4 Å². The quantitative estimate of drug-likeness (QED) is 0.275. The van der Waals surface area contributed by atoms with Crippen LogP contribution in [0.4, 0.5) is 4.39 Å².